The van der Waals surface area contributed by atoms with Crippen molar-refractivity contribution in [1.82, 2.24) is 0 Å². The molecule has 0 radical (unpaired) electrons. The van der Waals surface area contributed by atoms with E-state index in [-0.39, 0.29) is 11.9 Å². The Morgan fingerprint density at radius 3 is 2.84 bits per heavy atom. The van der Waals surface area contributed by atoms with E-state index in [0.29, 0.717) is 13.2 Å². The first-order chi connectivity index (χ1) is 9.28. The number of benzene rings is 1. The Morgan fingerprint density at radius 2 is 2.21 bits per heavy atom. The second-order valence-electron chi connectivity index (χ2n) is 4.98. The molecule has 1 aromatic carbocycles. The zero-order valence-electron chi connectivity index (χ0n) is 11.5. The Balaban J connectivity index is 1.86. The van der Waals surface area contributed by atoms with Gasteiger partial charge in [-0.25, -0.2) is 0 Å². The molecule has 104 valence electrons. The molecular formula is C16H22O3. The van der Waals surface area contributed by atoms with E-state index in [9.17, 15) is 0 Å². The summed E-state index contributed by atoms with van der Waals surface area (Å²) in [5.74, 6) is 0. The summed E-state index contributed by atoms with van der Waals surface area (Å²) >= 11 is 0. The first kappa shape index (κ1) is 14.3. The van der Waals surface area contributed by atoms with Crippen LogP contribution in [0.25, 0.3) is 0 Å². The summed E-state index contributed by atoms with van der Waals surface area (Å²) in [6.07, 6.45) is 4.44. The van der Waals surface area contributed by atoms with Gasteiger partial charge < -0.3 is 14.2 Å². The molecule has 1 aliphatic rings. The predicted molar refractivity (Wildman–Crippen MR) is 74.8 cm³/mol. The lowest BCUT2D eigenvalue weighted by molar-refractivity contribution is -0.173. The van der Waals surface area contributed by atoms with Gasteiger partial charge >= 0.3 is 0 Å². The van der Waals surface area contributed by atoms with E-state index < -0.39 is 0 Å². The van der Waals surface area contributed by atoms with E-state index in [2.05, 4.69) is 18.7 Å². The average Bonchev–Trinajstić information content (AvgIpc) is 2.84. The van der Waals surface area contributed by atoms with Gasteiger partial charge in [-0.05, 0) is 18.4 Å². The monoisotopic (exact) mass is 262 g/mol. The average molecular weight is 262 g/mol. The summed E-state index contributed by atoms with van der Waals surface area (Å²) < 4.78 is 17.0. The number of rotatable bonds is 7. The van der Waals surface area contributed by atoms with Crippen molar-refractivity contribution in [2.75, 3.05) is 13.7 Å². The third-order valence-electron chi connectivity index (χ3n) is 3.47. The Labute approximate surface area is 115 Å². The Morgan fingerprint density at radius 1 is 1.42 bits per heavy atom. The van der Waals surface area contributed by atoms with Crippen LogP contribution in [0.15, 0.2) is 43.0 Å². The number of ether oxygens (including phenoxy) is 3. The first-order valence-corrected chi connectivity index (χ1v) is 6.71. The van der Waals surface area contributed by atoms with Crippen LogP contribution >= 0.6 is 0 Å². The largest absolute Gasteiger partial charge is 0.374 e. The van der Waals surface area contributed by atoms with Crippen LogP contribution in [0.1, 0.15) is 24.8 Å². The van der Waals surface area contributed by atoms with Gasteiger partial charge in [0.15, 0.2) is 6.29 Å². The molecule has 0 bridgehead atoms. The molecule has 3 nitrogen and oxygen atoms in total. The van der Waals surface area contributed by atoms with Crippen LogP contribution in [0.3, 0.4) is 0 Å². The van der Waals surface area contributed by atoms with Crippen molar-refractivity contribution in [2.24, 2.45) is 0 Å². The molecule has 0 aromatic heterocycles. The molecule has 1 aliphatic heterocycles. The van der Waals surface area contributed by atoms with Gasteiger partial charge in [-0.15, -0.1) is 6.58 Å². The molecule has 3 heteroatoms. The van der Waals surface area contributed by atoms with Crippen molar-refractivity contribution in [2.45, 2.75) is 37.8 Å². The summed E-state index contributed by atoms with van der Waals surface area (Å²) in [5.41, 5.74) is 0.912. The molecule has 1 aromatic rings. The molecule has 0 saturated carbocycles. The highest BCUT2D eigenvalue weighted by molar-refractivity contribution is 5.13. The Hall–Kier alpha value is -1.16. The molecule has 0 N–H and O–H groups in total. The molecule has 2 atom stereocenters. The third-order valence-corrected chi connectivity index (χ3v) is 3.47. The van der Waals surface area contributed by atoms with Gasteiger partial charge in [0.2, 0.25) is 0 Å². The van der Waals surface area contributed by atoms with Gasteiger partial charge in [0, 0.05) is 13.5 Å². The maximum atomic E-state index is 5.96. The number of methoxy groups -OCH3 is 1. The summed E-state index contributed by atoms with van der Waals surface area (Å²) in [5, 5.41) is 0. The fourth-order valence-electron chi connectivity index (χ4n) is 2.45. The lowest BCUT2D eigenvalue weighted by atomic mass is 9.97. The molecule has 1 saturated heterocycles. The van der Waals surface area contributed by atoms with Crippen LogP contribution in [0.5, 0.6) is 0 Å². The molecule has 2 rings (SSSR count). The molecule has 1 heterocycles. The van der Waals surface area contributed by atoms with Crippen molar-refractivity contribution >= 4 is 0 Å². The van der Waals surface area contributed by atoms with Crippen molar-refractivity contribution < 1.29 is 14.2 Å². The van der Waals surface area contributed by atoms with Crippen LogP contribution in [0.4, 0.5) is 0 Å². The lowest BCUT2D eigenvalue weighted by Gasteiger charge is -2.27. The van der Waals surface area contributed by atoms with Crippen molar-refractivity contribution in [3.63, 3.8) is 0 Å². The SMILES string of the molecule is C=CC[C@@]1(COCc2ccccc2)CC[C@@H](OC)O1. The van der Waals surface area contributed by atoms with Crippen molar-refractivity contribution in [3.8, 4) is 0 Å². The van der Waals surface area contributed by atoms with Crippen LogP contribution in [-0.4, -0.2) is 25.6 Å². The standard InChI is InChI=1S/C16H22O3/c1-3-10-16(11-9-15(17-2)19-16)13-18-12-14-7-5-4-6-8-14/h3-8,15H,1,9-13H2,2H3/t15-,16-/m0/s1. The zero-order chi connectivity index (χ0) is 13.6. The maximum Gasteiger partial charge on any atom is 0.158 e. The van der Waals surface area contributed by atoms with Crippen LogP contribution in [0.2, 0.25) is 0 Å². The molecule has 0 amide bonds. The van der Waals surface area contributed by atoms with Crippen molar-refractivity contribution in [3.05, 3.63) is 48.6 Å². The van der Waals surface area contributed by atoms with Gasteiger partial charge in [0.1, 0.15) is 0 Å². The quantitative estimate of drug-likeness (QED) is 0.706. The minimum absolute atomic E-state index is 0.111. The molecule has 0 aliphatic carbocycles. The fraction of sp³-hybridized carbons (Fsp3) is 0.500. The van der Waals surface area contributed by atoms with Crippen LogP contribution in [-0.2, 0) is 20.8 Å². The number of hydrogen-bond acceptors (Lipinski definition) is 3. The highest BCUT2D eigenvalue weighted by atomic mass is 16.7. The smallest absolute Gasteiger partial charge is 0.158 e. The summed E-state index contributed by atoms with van der Waals surface area (Å²) in [6, 6.07) is 10.2. The highest BCUT2D eigenvalue weighted by Gasteiger charge is 2.39. The third kappa shape index (κ3) is 3.90. The van der Waals surface area contributed by atoms with Gasteiger partial charge in [-0.2, -0.15) is 0 Å². The maximum absolute atomic E-state index is 5.96. The topological polar surface area (TPSA) is 27.7 Å². The molecule has 1 fully saturated rings. The van der Waals surface area contributed by atoms with E-state index in [1.54, 1.807) is 7.11 Å². The van der Waals surface area contributed by atoms with Gasteiger partial charge in [0.05, 0.1) is 18.8 Å². The van der Waals surface area contributed by atoms with Crippen molar-refractivity contribution in [1.29, 1.82) is 0 Å². The lowest BCUT2D eigenvalue weighted by Crippen LogP contribution is -2.34. The van der Waals surface area contributed by atoms with Crippen LogP contribution < -0.4 is 0 Å². The van der Waals surface area contributed by atoms with E-state index in [4.69, 9.17) is 14.2 Å². The minimum atomic E-state index is -0.267. The predicted octanol–water partition coefficient (Wildman–Crippen LogP) is 3.30. The van der Waals surface area contributed by atoms with E-state index in [0.717, 1.165) is 19.3 Å². The summed E-state index contributed by atoms with van der Waals surface area (Å²) in [4.78, 5) is 0. The minimum Gasteiger partial charge on any atom is -0.374 e. The molecule has 19 heavy (non-hydrogen) atoms. The van der Waals surface area contributed by atoms with Gasteiger partial charge in [0.25, 0.3) is 0 Å². The van der Waals surface area contributed by atoms with E-state index in [1.807, 2.05) is 24.3 Å². The highest BCUT2D eigenvalue weighted by Crippen LogP contribution is 2.34. The second-order valence-corrected chi connectivity index (χ2v) is 4.98. The first-order valence-electron chi connectivity index (χ1n) is 6.71. The molecular weight excluding hydrogens is 240 g/mol. The van der Waals surface area contributed by atoms with Gasteiger partial charge in [-0.1, -0.05) is 36.4 Å². The Kier molecular flexibility index (Phi) is 5.14. The zero-order valence-corrected chi connectivity index (χ0v) is 11.5. The van der Waals surface area contributed by atoms with E-state index >= 15 is 0 Å². The fourth-order valence-corrected chi connectivity index (χ4v) is 2.45. The van der Waals surface area contributed by atoms with Crippen LogP contribution in [0, 0.1) is 0 Å². The molecule has 0 spiro atoms. The van der Waals surface area contributed by atoms with Gasteiger partial charge in [-0.3, -0.25) is 0 Å². The summed E-state index contributed by atoms with van der Waals surface area (Å²) in [7, 11) is 1.68. The number of hydrogen-bond donors (Lipinski definition) is 0. The normalized spacial score (nSPS) is 26.5. The summed E-state index contributed by atoms with van der Waals surface area (Å²) in [6.45, 7) is 5.00. The molecule has 0 unspecified atom stereocenters. The van der Waals surface area contributed by atoms with E-state index in [1.165, 1.54) is 5.56 Å². The Bertz CT molecular complexity index is 390. The second kappa shape index (κ2) is 6.85.